The van der Waals surface area contributed by atoms with Crippen molar-refractivity contribution in [3.05, 3.63) is 71.4 Å². The zero-order valence-corrected chi connectivity index (χ0v) is 10.8. The van der Waals surface area contributed by atoms with Crippen LogP contribution in [-0.2, 0) is 10.0 Å². The van der Waals surface area contributed by atoms with Crippen molar-refractivity contribution in [2.24, 2.45) is 0 Å². The van der Waals surface area contributed by atoms with Crippen molar-refractivity contribution in [3.63, 3.8) is 0 Å². The molecule has 0 fully saturated rings. The van der Waals surface area contributed by atoms with Gasteiger partial charge < -0.3 is 0 Å². The molecule has 0 aliphatic carbocycles. The van der Waals surface area contributed by atoms with Crippen molar-refractivity contribution in [1.82, 2.24) is 0 Å². The van der Waals surface area contributed by atoms with Crippen LogP contribution >= 0.6 is 0 Å². The molecular weight excluding hydrogens is 265 g/mol. The molecule has 2 aromatic rings. The molecule has 1 N–H and O–H groups in total. The molecule has 0 saturated heterocycles. The van der Waals surface area contributed by atoms with Crippen LogP contribution in [0, 0.1) is 5.82 Å². The zero-order chi connectivity index (χ0) is 13.7. The lowest BCUT2D eigenvalue weighted by Gasteiger charge is -2.03. The topological polar surface area (TPSA) is 46.2 Å². The lowest BCUT2D eigenvalue weighted by Crippen LogP contribution is -2.08. The highest BCUT2D eigenvalue weighted by Crippen LogP contribution is 2.10. The Morgan fingerprint density at radius 2 is 1.58 bits per heavy atom. The second-order valence-electron chi connectivity index (χ2n) is 3.87. The molecule has 3 nitrogen and oxygen atoms in total. The Hall–Kier alpha value is -2.14. The molecule has 2 rings (SSSR count). The molecule has 0 bridgehead atoms. The molecule has 0 radical (unpaired) electrons. The van der Waals surface area contributed by atoms with E-state index in [-0.39, 0.29) is 5.82 Å². The summed E-state index contributed by atoms with van der Waals surface area (Å²) in [6.45, 7) is 0. The summed E-state index contributed by atoms with van der Waals surface area (Å²) in [6.07, 6.45) is 1.41. The van der Waals surface area contributed by atoms with Gasteiger partial charge >= 0.3 is 0 Å². The Morgan fingerprint density at radius 3 is 2.21 bits per heavy atom. The van der Waals surface area contributed by atoms with Gasteiger partial charge in [-0.1, -0.05) is 30.3 Å². The van der Waals surface area contributed by atoms with Crippen LogP contribution in [0.5, 0.6) is 0 Å². The summed E-state index contributed by atoms with van der Waals surface area (Å²) in [5.74, 6) is -0.359. The monoisotopic (exact) mass is 277 g/mol. The first kappa shape index (κ1) is 13.3. The Balaban J connectivity index is 2.11. The standard InChI is InChI=1S/C14H12FNO2S/c15-13-8-6-12(7-9-13)10-11-19(17,18)16-14-4-2-1-3-5-14/h1-11,16H. The number of benzene rings is 2. The summed E-state index contributed by atoms with van der Waals surface area (Å²) in [7, 11) is -3.57. The number of para-hydroxylation sites is 1. The van der Waals surface area contributed by atoms with E-state index in [0.29, 0.717) is 11.3 Å². The first-order chi connectivity index (χ1) is 9.05. The number of nitrogens with one attached hydrogen (secondary N) is 1. The molecule has 0 heterocycles. The Kier molecular flexibility index (Phi) is 3.97. The lowest BCUT2D eigenvalue weighted by molar-refractivity contribution is 0.609. The van der Waals surface area contributed by atoms with Crippen LogP contribution in [-0.4, -0.2) is 8.42 Å². The van der Waals surface area contributed by atoms with Crippen molar-refractivity contribution < 1.29 is 12.8 Å². The quantitative estimate of drug-likeness (QED) is 0.932. The maximum Gasteiger partial charge on any atom is 0.255 e. The summed E-state index contributed by atoms with van der Waals surface area (Å²) in [5.41, 5.74) is 1.10. The average Bonchev–Trinajstić information content (AvgIpc) is 2.39. The number of halogens is 1. The highest BCUT2D eigenvalue weighted by molar-refractivity contribution is 7.95. The molecule has 0 spiro atoms. The fourth-order valence-electron chi connectivity index (χ4n) is 1.45. The van der Waals surface area contributed by atoms with E-state index in [1.54, 1.807) is 30.3 Å². The maximum atomic E-state index is 12.7. The molecule has 98 valence electrons. The first-order valence-corrected chi connectivity index (χ1v) is 7.11. The summed E-state index contributed by atoms with van der Waals surface area (Å²) in [5, 5.41) is 1.05. The Labute approximate surface area is 111 Å². The molecule has 0 unspecified atom stereocenters. The second kappa shape index (κ2) is 5.67. The van der Waals surface area contributed by atoms with Gasteiger partial charge in [0.1, 0.15) is 5.82 Å². The van der Waals surface area contributed by atoms with Crippen LogP contribution in [0.3, 0.4) is 0 Å². The van der Waals surface area contributed by atoms with E-state index in [4.69, 9.17) is 0 Å². The van der Waals surface area contributed by atoms with E-state index < -0.39 is 10.0 Å². The minimum Gasteiger partial charge on any atom is -0.280 e. The van der Waals surface area contributed by atoms with Crippen molar-refractivity contribution >= 4 is 21.8 Å². The van der Waals surface area contributed by atoms with Gasteiger partial charge in [0, 0.05) is 5.69 Å². The molecule has 0 aliphatic rings. The van der Waals surface area contributed by atoms with E-state index in [1.165, 1.54) is 30.3 Å². The fraction of sp³-hybridized carbons (Fsp3) is 0. The largest absolute Gasteiger partial charge is 0.280 e. The second-order valence-corrected chi connectivity index (χ2v) is 5.43. The molecule has 19 heavy (non-hydrogen) atoms. The van der Waals surface area contributed by atoms with E-state index >= 15 is 0 Å². The maximum absolute atomic E-state index is 12.7. The van der Waals surface area contributed by atoms with Gasteiger partial charge in [-0.05, 0) is 35.9 Å². The lowest BCUT2D eigenvalue weighted by atomic mass is 10.2. The number of sulfonamides is 1. The smallest absolute Gasteiger partial charge is 0.255 e. The van der Waals surface area contributed by atoms with Gasteiger partial charge in [0.2, 0.25) is 0 Å². The normalized spacial score (nSPS) is 11.6. The third-order valence-corrected chi connectivity index (χ3v) is 3.36. The Morgan fingerprint density at radius 1 is 0.947 bits per heavy atom. The SMILES string of the molecule is O=S(=O)(C=Cc1ccc(F)cc1)Nc1ccccc1. The van der Waals surface area contributed by atoms with Gasteiger partial charge in [-0.3, -0.25) is 4.72 Å². The summed E-state index contributed by atoms with van der Waals surface area (Å²) >= 11 is 0. The molecule has 0 aromatic heterocycles. The van der Waals surface area contributed by atoms with E-state index in [2.05, 4.69) is 4.72 Å². The first-order valence-electron chi connectivity index (χ1n) is 5.57. The molecular formula is C14H12FNO2S. The predicted molar refractivity (Wildman–Crippen MR) is 74.4 cm³/mol. The van der Waals surface area contributed by atoms with Crippen LogP contribution in [0.1, 0.15) is 5.56 Å². The van der Waals surface area contributed by atoms with E-state index in [1.807, 2.05) is 0 Å². The number of hydrogen-bond donors (Lipinski definition) is 1. The molecule has 0 saturated carbocycles. The predicted octanol–water partition coefficient (Wildman–Crippen LogP) is 3.24. The van der Waals surface area contributed by atoms with Gasteiger partial charge in [0.25, 0.3) is 10.0 Å². The highest BCUT2D eigenvalue weighted by Gasteiger charge is 2.04. The van der Waals surface area contributed by atoms with Gasteiger partial charge in [-0.25, -0.2) is 12.8 Å². The minimum absolute atomic E-state index is 0.359. The van der Waals surface area contributed by atoms with Crippen LogP contribution in [0.15, 0.2) is 60.0 Å². The molecule has 5 heteroatoms. The molecule has 0 aliphatic heterocycles. The van der Waals surface area contributed by atoms with Crippen molar-refractivity contribution in [3.8, 4) is 0 Å². The molecule has 0 atom stereocenters. The van der Waals surface area contributed by atoms with Crippen LogP contribution in [0.4, 0.5) is 10.1 Å². The minimum atomic E-state index is -3.57. The van der Waals surface area contributed by atoms with Gasteiger partial charge in [0.05, 0.1) is 5.41 Å². The zero-order valence-electron chi connectivity index (χ0n) is 9.95. The van der Waals surface area contributed by atoms with Crippen molar-refractivity contribution in [2.75, 3.05) is 4.72 Å². The molecule has 0 amide bonds. The summed E-state index contributed by atoms with van der Waals surface area (Å²) in [6, 6.07) is 14.1. The summed E-state index contributed by atoms with van der Waals surface area (Å²) < 4.78 is 38.6. The van der Waals surface area contributed by atoms with Gasteiger partial charge in [-0.2, -0.15) is 0 Å². The summed E-state index contributed by atoms with van der Waals surface area (Å²) in [4.78, 5) is 0. The van der Waals surface area contributed by atoms with Gasteiger partial charge in [-0.15, -0.1) is 0 Å². The van der Waals surface area contributed by atoms with E-state index in [0.717, 1.165) is 5.41 Å². The fourth-order valence-corrected chi connectivity index (χ4v) is 2.32. The average molecular weight is 277 g/mol. The number of hydrogen-bond acceptors (Lipinski definition) is 2. The van der Waals surface area contributed by atoms with Crippen LogP contribution in [0.2, 0.25) is 0 Å². The molecule has 2 aromatic carbocycles. The highest BCUT2D eigenvalue weighted by atomic mass is 32.2. The number of anilines is 1. The van der Waals surface area contributed by atoms with Crippen LogP contribution in [0.25, 0.3) is 6.08 Å². The van der Waals surface area contributed by atoms with E-state index in [9.17, 15) is 12.8 Å². The Bertz CT molecular complexity index is 664. The van der Waals surface area contributed by atoms with Crippen molar-refractivity contribution in [1.29, 1.82) is 0 Å². The van der Waals surface area contributed by atoms with Gasteiger partial charge in [0.15, 0.2) is 0 Å². The van der Waals surface area contributed by atoms with Crippen molar-refractivity contribution in [2.45, 2.75) is 0 Å². The number of rotatable bonds is 4. The third kappa shape index (κ3) is 4.22. The van der Waals surface area contributed by atoms with Crippen LogP contribution < -0.4 is 4.72 Å². The third-order valence-electron chi connectivity index (χ3n) is 2.34.